The highest BCUT2D eigenvalue weighted by atomic mass is 16.5. The predicted octanol–water partition coefficient (Wildman–Crippen LogP) is 13.9. The molecule has 0 saturated carbocycles. The molecule has 0 saturated heterocycles. The molecule has 7 rings (SSSR count). The third-order valence-corrected chi connectivity index (χ3v) is 9.55. The second-order valence-corrected chi connectivity index (χ2v) is 13.8. The Kier molecular flexibility index (Phi) is 12.8. The molecule has 0 heterocycles. The first-order valence-corrected chi connectivity index (χ1v) is 19.6. The minimum atomic E-state index is -0.355. The summed E-state index contributed by atoms with van der Waals surface area (Å²) in [7, 11) is 0. The normalized spacial score (nSPS) is 11.2. The van der Waals surface area contributed by atoms with E-state index in [2.05, 4.69) is 0 Å². The molecule has 6 heteroatoms. The van der Waals surface area contributed by atoms with Crippen molar-refractivity contribution in [1.29, 1.82) is 0 Å². The summed E-state index contributed by atoms with van der Waals surface area (Å²) in [6.07, 6.45) is 11.7. The minimum absolute atomic E-state index is 0.192. The van der Waals surface area contributed by atoms with Crippen molar-refractivity contribution in [3.05, 3.63) is 232 Å². The molecule has 0 atom stereocenters. The van der Waals surface area contributed by atoms with E-state index in [0.29, 0.717) is 51.2 Å². The predicted molar refractivity (Wildman–Crippen MR) is 240 cm³/mol. The zero-order valence-corrected chi connectivity index (χ0v) is 33.5. The zero-order valence-electron chi connectivity index (χ0n) is 33.5. The van der Waals surface area contributed by atoms with Crippen LogP contribution in [0.4, 0.5) is 0 Å². The van der Waals surface area contributed by atoms with E-state index in [4.69, 9.17) is 14.2 Å². The maximum Gasteiger partial charge on any atom is 0.193 e. The topological polar surface area (TPSA) is 78.9 Å². The lowest BCUT2D eigenvalue weighted by atomic mass is 9.92. The van der Waals surface area contributed by atoms with Crippen molar-refractivity contribution in [2.45, 2.75) is 20.8 Å². The second-order valence-electron chi connectivity index (χ2n) is 13.8. The highest BCUT2D eigenvalue weighted by molar-refractivity contribution is 6.17. The van der Waals surface area contributed by atoms with Crippen LogP contribution in [0.1, 0.15) is 85.2 Å². The van der Waals surface area contributed by atoms with Gasteiger partial charge >= 0.3 is 0 Å². The summed E-state index contributed by atoms with van der Waals surface area (Å²) in [6, 6.07) is 48.0. The van der Waals surface area contributed by atoms with Crippen LogP contribution in [-0.4, -0.2) is 17.3 Å². The molecule has 7 aromatic carbocycles. The van der Waals surface area contributed by atoms with Crippen LogP contribution in [0.5, 0.6) is 34.5 Å². The number of benzene rings is 7. The number of carbonyl (C=O) groups is 3. The van der Waals surface area contributed by atoms with Crippen LogP contribution in [-0.2, 0) is 0 Å². The number of hydrogen-bond acceptors (Lipinski definition) is 6. The maximum atomic E-state index is 14.1. The summed E-state index contributed by atoms with van der Waals surface area (Å²) < 4.78 is 18.4. The Morgan fingerprint density at radius 2 is 0.583 bits per heavy atom. The first-order valence-electron chi connectivity index (χ1n) is 19.6. The van der Waals surface area contributed by atoms with E-state index < -0.39 is 0 Å². The average molecular weight is 787 g/mol. The number of hydrogen-bond donors (Lipinski definition) is 0. The first kappa shape index (κ1) is 40.4. The van der Waals surface area contributed by atoms with Crippen LogP contribution in [0, 0.1) is 0 Å². The van der Waals surface area contributed by atoms with E-state index >= 15 is 0 Å². The van der Waals surface area contributed by atoms with Crippen molar-refractivity contribution in [1.82, 2.24) is 0 Å². The average Bonchev–Trinajstić information content (AvgIpc) is 3.28. The lowest BCUT2D eigenvalue weighted by molar-refractivity contribution is 0.103. The summed E-state index contributed by atoms with van der Waals surface area (Å²) in [6.45, 7) is 5.82. The SMILES string of the molecule is C/C=C/c1ccccc1Oc1ccc(C(=O)c2cc(C(=O)c3ccc(Oc4ccccc4/C=C/C)cc3)cc(C(=O)c3ccc(Oc4ccccc4/C=C/C)cc3)c2)cc1. The monoisotopic (exact) mass is 786 g/mol. The van der Waals surface area contributed by atoms with Gasteiger partial charge < -0.3 is 14.2 Å². The van der Waals surface area contributed by atoms with E-state index in [1.807, 2.05) is 130 Å². The maximum absolute atomic E-state index is 14.1. The largest absolute Gasteiger partial charge is 0.457 e. The van der Waals surface area contributed by atoms with Gasteiger partial charge in [-0.25, -0.2) is 0 Å². The Balaban J connectivity index is 1.18. The Hall–Kier alpha value is -7.83. The molecular formula is C54H42O6. The number of ketones is 3. The van der Waals surface area contributed by atoms with Gasteiger partial charge in [0.1, 0.15) is 34.5 Å². The Morgan fingerprint density at radius 3 is 0.833 bits per heavy atom. The van der Waals surface area contributed by atoms with Gasteiger partial charge in [-0.05, 0) is 130 Å². The third-order valence-electron chi connectivity index (χ3n) is 9.55. The summed E-state index contributed by atoms with van der Waals surface area (Å²) in [5.74, 6) is 2.64. The summed E-state index contributed by atoms with van der Waals surface area (Å²) >= 11 is 0. The van der Waals surface area contributed by atoms with Crippen molar-refractivity contribution >= 4 is 35.6 Å². The molecule has 0 spiro atoms. The molecule has 294 valence electrons. The molecule has 0 aliphatic heterocycles. The fourth-order valence-electron chi connectivity index (χ4n) is 6.60. The molecule has 0 radical (unpaired) electrons. The van der Waals surface area contributed by atoms with E-state index in [-0.39, 0.29) is 34.0 Å². The van der Waals surface area contributed by atoms with Crippen molar-refractivity contribution in [2.24, 2.45) is 0 Å². The number of allylic oxidation sites excluding steroid dienone is 3. The van der Waals surface area contributed by atoms with Crippen LogP contribution in [0.15, 0.2) is 182 Å². The molecule has 0 unspecified atom stereocenters. The van der Waals surface area contributed by atoms with Gasteiger partial charge in [0.15, 0.2) is 17.3 Å². The third kappa shape index (κ3) is 9.64. The van der Waals surface area contributed by atoms with Gasteiger partial charge in [-0.15, -0.1) is 0 Å². The molecule has 0 bridgehead atoms. The second kappa shape index (κ2) is 19.1. The Morgan fingerprint density at radius 1 is 0.333 bits per heavy atom. The standard InChI is InChI=1S/C54H42O6/c1-4-13-37-16-7-10-19-49(37)58-46-28-22-40(23-29-46)52(55)43-34-44(53(56)41-24-30-47(31-25-41)59-50-20-11-8-17-38(50)14-5-2)36-45(35-43)54(57)42-26-32-48(33-27-42)60-51-21-12-9-18-39(51)15-6-3/h4-36H,1-3H3/b13-4+,14-5+,15-6+. The lowest BCUT2D eigenvalue weighted by Gasteiger charge is -2.12. The fraction of sp³-hybridized carbons (Fsp3) is 0.0556. The van der Waals surface area contributed by atoms with Crippen LogP contribution in [0.2, 0.25) is 0 Å². The van der Waals surface area contributed by atoms with Gasteiger partial charge in [0.2, 0.25) is 0 Å². The fourth-order valence-corrected chi connectivity index (χ4v) is 6.60. The molecular weight excluding hydrogens is 745 g/mol. The molecule has 0 aliphatic rings. The Labute approximate surface area is 350 Å². The van der Waals surface area contributed by atoms with Crippen molar-refractivity contribution in [3.63, 3.8) is 0 Å². The quantitative estimate of drug-likeness (QED) is 0.0963. The summed E-state index contributed by atoms with van der Waals surface area (Å²) in [4.78, 5) is 42.4. The highest BCUT2D eigenvalue weighted by Gasteiger charge is 2.20. The van der Waals surface area contributed by atoms with Crippen molar-refractivity contribution in [2.75, 3.05) is 0 Å². The molecule has 0 amide bonds. The van der Waals surface area contributed by atoms with Gasteiger partial charge in [0.05, 0.1) is 0 Å². The zero-order chi connectivity index (χ0) is 41.8. The molecule has 0 aromatic heterocycles. The van der Waals surface area contributed by atoms with E-state index in [9.17, 15) is 14.4 Å². The van der Waals surface area contributed by atoms with E-state index in [1.54, 1.807) is 72.8 Å². The number of para-hydroxylation sites is 3. The van der Waals surface area contributed by atoms with Gasteiger partial charge in [-0.3, -0.25) is 14.4 Å². The molecule has 0 aliphatic carbocycles. The van der Waals surface area contributed by atoms with Gasteiger partial charge in [-0.2, -0.15) is 0 Å². The van der Waals surface area contributed by atoms with Crippen LogP contribution < -0.4 is 14.2 Å². The first-order chi connectivity index (χ1) is 29.3. The van der Waals surface area contributed by atoms with Crippen LogP contribution >= 0.6 is 0 Å². The van der Waals surface area contributed by atoms with E-state index in [1.165, 1.54) is 18.2 Å². The van der Waals surface area contributed by atoms with Gasteiger partial charge in [0, 0.05) is 50.1 Å². The number of carbonyl (C=O) groups excluding carboxylic acids is 3. The number of ether oxygens (including phenoxy) is 3. The molecule has 0 fully saturated rings. The Bertz CT molecular complexity index is 2420. The molecule has 6 nitrogen and oxygen atoms in total. The smallest absolute Gasteiger partial charge is 0.193 e. The molecule has 7 aromatic rings. The summed E-state index contributed by atoms with van der Waals surface area (Å²) in [5.41, 5.74) is 4.45. The van der Waals surface area contributed by atoms with Crippen LogP contribution in [0.25, 0.3) is 18.2 Å². The summed E-state index contributed by atoms with van der Waals surface area (Å²) in [5, 5.41) is 0. The molecule has 0 N–H and O–H groups in total. The van der Waals surface area contributed by atoms with Crippen molar-refractivity contribution in [3.8, 4) is 34.5 Å². The number of rotatable bonds is 15. The minimum Gasteiger partial charge on any atom is -0.457 e. The van der Waals surface area contributed by atoms with E-state index in [0.717, 1.165) is 16.7 Å². The molecule has 60 heavy (non-hydrogen) atoms. The lowest BCUT2D eigenvalue weighted by Crippen LogP contribution is -2.10. The van der Waals surface area contributed by atoms with Gasteiger partial charge in [0.25, 0.3) is 0 Å². The highest BCUT2D eigenvalue weighted by Crippen LogP contribution is 2.31. The van der Waals surface area contributed by atoms with Gasteiger partial charge in [-0.1, -0.05) is 91.1 Å². The van der Waals surface area contributed by atoms with Crippen LogP contribution in [0.3, 0.4) is 0 Å². The van der Waals surface area contributed by atoms with Crippen molar-refractivity contribution < 1.29 is 28.6 Å².